The van der Waals surface area contributed by atoms with Crippen LogP contribution in [0.15, 0.2) is 84.9 Å². The van der Waals surface area contributed by atoms with Gasteiger partial charge in [-0.3, -0.25) is 0 Å². The van der Waals surface area contributed by atoms with Crippen LogP contribution in [0.25, 0.3) is 43.8 Å². The van der Waals surface area contributed by atoms with E-state index in [0.29, 0.717) is 0 Å². The quantitative estimate of drug-likeness (QED) is 0.0846. The van der Waals surface area contributed by atoms with Crippen LogP contribution in [-0.2, 0) is 46.5 Å². The number of aryl methyl sites for hydroxylation is 4. The molecule has 0 aliphatic rings. The van der Waals surface area contributed by atoms with Crippen molar-refractivity contribution in [2.24, 2.45) is 0 Å². The summed E-state index contributed by atoms with van der Waals surface area (Å²) in [7, 11) is 5.39. The molecular weight excluding hydrogens is 951 g/mol. The van der Waals surface area contributed by atoms with Gasteiger partial charge in [-0.25, -0.2) is 0 Å². The van der Waals surface area contributed by atoms with Crippen LogP contribution in [-0.4, -0.2) is 41.8 Å². The molecule has 0 saturated carbocycles. The molecule has 0 saturated heterocycles. The van der Waals surface area contributed by atoms with Gasteiger partial charge < -0.3 is 0 Å². The predicted octanol–water partition coefficient (Wildman–Crippen LogP) is 15.8. The van der Waals surface area contributed by atoms with Crippen LogP contribution >= 0.6 is 17.0 Å². The first kappa shape index (κ1) is 55.0. The van der Waals surface area contributed by atoms with Gasteiger partial charge in [0.2, 0.25) is 0 Å². The molecule has 6 rings (SSSR count). The second kappa shape index (κ2) is 23.9. The molecule has 0 amide bonds. The summed E-state index contributed by atoms with van der Waals surface area (Å²) in [5, 5.41) is 12.1. The van der Waals surface area contributed by atoms with E-state index in [-0.39, 0.29) is 0 Å². The van der Waals surface area contributed by atoms with Crippen molar-refractivity contribution in [1.29, 1.82) is 0 Å². The molecule has 0 aliphatic carbocycles. The molecule has 8 heteroatoms. The van der Waals surface area contributed by atoms with E-state index in [9.17, 15) is 0 Å². The summed E-state index contributed by atoms with van der Waals surface area (Å²) in [6.45, 7) is 43.1. The molecule has 6 aromatic carbocycles. The Bertz CT molecular complexity index is 2110. The predicted molar refractivity (Wildman–Crippen MR) is 298 cm³/mol. The van der Waals surface area contributed by atoms with E-state index in [1.165, 1.54) is 78.9 Å². The van der Waals surface area contributed by atoms with Crippen molar-refractivity contribution in [2.45, 2.75) is 158 Å². The number of fused-ring (bicyclic) bond motifs is 2. The molecule has 0 bridgehead atoms. The second-order valence-electron chi connectivity index (χ2n) is 21.3. The summed E-state index contributed by atoms with van der Waals surface area (Å²) in [6.07, 6.45) is 6.89. The summed E-state index contributed by atoms with van der Waals surface area (Å²) >= 11 is -0.826. The maximum absolute atomic E-state index is 4.93. The number of hydrogen-bond donors (Lipinski definition) is 0. The number of hydrogen-bond acceptors (Lipinski definition) is 0. The van der Waals surface area contributed by atoms with Crippen LogP contribution in [0.4, 0.5) is 0 Å². The van der Waals surface area contributed by atoms with Crippen LogP contribution in [0.3, 0.4) is 0 Å². The van der Waals surface area contributed by atoms with E-state index in [2.05, 4.69) is 204 Å². The molecule has 0 N–H and O–H groups in total. The van der Waals surface area contributed by atoms with Crippen molar-refractivity contribution in [1.82, 2.24) is 0 Å². The Labute approximate surface area is 405 Å². The average molecular weight is 1030 g/mol. The van der Waals surface area contributed by atoms with Crippen LogP contribution < -0.4 is 20.7 Å². The van der Waals surface area contributed by atoms with Crippen LogP contribution in [0.5, 0.6) is 0 Å². The monoisotopic (exact) mass is 1030 g/mol. The second-order valence-corrected chi connectivity index (χ2v) is 46.4. The van der Waals surface area contributed by atoms with Crippen molar-refractivity contribution in [3.63, 3.8) is 0 Å². The van der Waals surface area contributed by atoms with Gasteiger partial charge in [0.05, 0.1) is 32.3 Å². The van der Waals surface area contributed by atoms with Crippen molar-refractivity contribution in [2.75, 3.05) is 0 Å². The molecule has 334 valence electrons. The van der Waals surface area contributed by atoms with E-state index >= 15 is 0 Å². The molecule has 0 spiro atoms. The Morgan fingerprint density at radius 1 is 0.468 bits per heavy atom. The van der Waals surface area contributed by atoms with Gasteiger partial charge in [0.1, 0.15) is 0 Å². The van der Waals surface area contributed by atoms with Crippen molar-refractivity contribution >= 4 is 101 Å². The third-order valence-electron chi connectivity index (χ3n) is 11.8. The standard InChI is InChI=1S/2C26H37Si2.C2H6Si.2ClH.Zr/c2*1-9-11-20-12-13-21-14-19(10-2)15-25(21)26(20)22-16-23(27(3,4)5)18-24(17-22)28(6,7)8;1-3-2;;;/h2*12-18H,9-11H2,1-8H3;1-2H3;2*1H;/q2*-1;;;;+4/p-2. The van der Waals surface area contributed by atoms with Crippen molar-refractivity contribution in [3.8, 4) is 22.3 Å². The molecule has 0 atom stereocenters. The number of halogens is 2. The fourth-order valence-electron chi connectivity index (χ4n) is 8.10. The average Bonchev–Trinajstić information content (AvgIpc) is 3.81. The van der Waals surface area contributed by atoms with E-state index < -0.39 is 53.1 Å². The van der Waals surface area contributed by atoms with Crippen LogP contribution in [0.2, 0.25) is 91.7 Å². The van der Waals surface area contributed by atoms with Crippen molar-refractivity contribution in [3.05, 3.63) is 107 Å². The maximum atomic E-state index is 4.93. The molecule has 0 heterocycles. The van der Waals surface area contributed by atoms with Gasteiger partial charge in [-0.1, -0.05) is 212 Å². The Morgan fingerprint density at radius 2 is 0.742 bits per heavy atom. The fraction of sp³-hybridized carbons (Fsp3) is 0.444. The van der Waals surface area contributed by atoms with E-state index in [4.69, 9.17) is 17.0 Å². The third kappa shape index (κ3) is 14.8. The number of rotatable bonds is 12. The van der Waals surface area contributed by atoms with Gasteiger partial charge in [-0.15, -0.1) is 69.1 Å². The molecule has 0 aliphatic heterocycles. The molecule has 0 nitrogen and oxygen atoms in total. The molecule has 6 aromatic rings. The van der Waals surface area contributed by atoms with E-state index in [0.717, 1.165) is 35.2 Å². The van der Waals surface area contributed by atoms with Gasteiger partial charge in [-0.2, -0.15) is 12.1 Å². The fourth-order valence-corrected chi connectivity index (χ4v) is 13.1. The van der Waals surface area contributed by atoms with Gasteiger partial charge in [0, 0.05) is 9.52 Å². The van der Waals surface area contributed by atoms with E-state index in [1.807, 2.05) is 0 Å². The third-order valence-corrected chi connectivity index (χ3v) is 19.9. The van der Waals surface area contributed by atoms with Crippen LogP contribution in [0.1, 0.15) is 62.8 Å². The molecular formula is C54H80Cl2Si5Zr. The van der Waals surface area contributed by atoms with Gasteiger partial charge in [0.15, 0.2) is 0 Å². The van der Waals surface area contributed by atoms with E-state index in [1.54, 1.807) is 20.7 Å². The summed E-state index contributed by atoms with van der Waals surface area (Å²) in [5.74, 6) is 0. The zero-order chi connectivity index (χ0) is 46.8. The Kier molecular flexibility index (Phi) is 21.2. The van der Waals surface area contributed by atoms with Gasteiger partial charge in [0.25, 0.3) is 0 Å². The molecule has 62 heavy (non-hydrogen) atoms. The Morgan fingerprint density at radius 3 is 0.968 bits per heavy atom. The minimum atomic E-state index is -1.39. The van der Waals surface area contributed by atoms with Gasteiger partial charge >= 0.3 is 37.9 Å². The summed E-state index contributed by atoms with van der Waals surface area (Å²) in [4.78, 5) is 0. The van der Waals surface area contributed by atoms with Crippen molar-refractivity contribution < 1.29 is 20.8 Å². The molecule has 0 aromatic heterocycles. The first-order valence-electron chi connectivity index (χ1n) is 23.2. The molecule has 0 fully saturated rings. The normalized spacial score (nSPS) is 11.9. The van der Waals surface area contributed by atoms with Crippen LogP contribution in [0, 0.1) is 0 Å². The molecule has 2 radical (unpaired) electrons. The first-order chi connectivity index (χ1) is 28.9. The molecule has 0 unspecified atom stereocenters. The summed E-state index contributed by atoms with van der Waals surface area (Å²) in [5.41, 5.74) is 11.8. The topological polar surface area (TPSA) is 0 Å². The number of benzene rings is 4. The SMILES string of the molecule is CCCc1ccc2[cH-]c(CC)cc2c1-c1cc([Si](C)(C)C)cc([Si](C)(C)C)c1.CCCc1ccc2[cH-]c(CC)cc2c1-c1cc([Si](C)(C)C)cc([Si](C)(C)C)c1.C[Si]C.[Cl][Zr+2][Cl]. The zero-order valence-electron chi connectivity index (χ0n) is 42.1. The Hall–Kier alpha value is -1.35. The first-order valence-corrected chi connectivity index (χ1v) is 45.5. The van der Waals surface area contributed by atoms with Gasteiger partial charge in [-0.05, 0) is 36.8 Å². The summed E-state index contributed by atoms with van der Waals surface area (Å²) in [6, 6.07) is 34.3. The minimum absolute atomic E-state index is 0.826. The summed E-state index contributed by atoms with van der Waals surface area (Å²) < 4.78 is 0. The Balaban J connectivity index is 0.000000293. The zero-order valence-corrected chi connectivity index (χ0v) is 51.1.